The number of nitrogen functional groups attached to an aromatic ring is 1. The fourth-order valence-electron chi connectivity index (χ4n) is 2.36. The van der Waals surface area contributed by atoms with E-state index in [9.17, 15) is 0 Å². The highest BCUT2D eigenvalue weighted by Gasteiger charge is 2.15. The number of anilines is 1. The standard InChI is InChI=1S/C12H17N7/c1-8-6-14-18(7-8)4-5-19-11-10(15-12(19)13)9(2)16-17(11)3/h6-7H,4-5H2,1-3H3,(H2,13,15). The quantitative estimate of drug-likeness (QED) is 0.756. The SMILES string of the molecule is Cc1cnn(CCn2c(N)nc3c(C)nn(C)c32)c1. The zero-order valence-corrected chi connectivity index (χ0v) is 11.3. The van der Waals surface area contributed by atoms with Crippen molar-refractivity contribution < 1.29 is 0 Å². The highest BCUT2D eigenvalue weighted by atomic mass is 15.4. The van der Waals surface area contributed by atoms with Gasteiger partial charge >= 0.3 is 0 Å². The minimum absolute atomic E-state index is 0.523. The molecular formula is C12H17N7. The van der Waals surface area contributed by atoms with E-state index in [1.165, 1.54) is 0 Å². The molecule has 0 saturated heterocycles. The molecule has 0 bridgehead atoms. The molecule has 0 amide bonds. The predicted octanol–water partition coefficient (Wildman–Crippen LogP) is 0.866. The lowest BCUT2D eigenvalue weighted by Crippen LogP contribution is -2.12. The van der Waals surface area contributed by atoms with E-state index in [0.29, 0.717) is 5.95 Å². The Morgan fingerprint density at radius 3 is 2.74 bits per heavy atom. The van der Waals surface area contributed by atoms with Gasteiger partial charge in [0.1, 0.15) is 5.52 Å². The Bertz CT molecular complexity index is 731. The van der Waals surface area contributed by atoms with Crippen LogP contribution in [0.1, 0.15) is 11.3 Å². The van der Waals surface area contributed by atoms with Crippen molar-refractivity contribution in [3.63, 3.8) is 0 Å². The summed E-state index contributed by atoms with van der Waals surface area (Å²) in [6, 6.07) is 0. The molecule has 0 saturated carbocycles. The van der Waals surface area contributed by atoms with Crippen LogP contribution in [0, 0.1) is 13.8 Å². The number of imidazole rings is 1. The summed E-state index contributed by atoms with van der Waals surface area (Å²) in [5.74, 6) is 0.523. The van der Waals surface area contributed by atoms with Crippen LogP contribution in [0.4, 0.5) is 5.95 Å². The highest BCUT2D eigenvalue weighted by molar-refractivity contribution is 5.77. The van der Waals surface area contributed by atoms with Crippen LogP contribution < -0.4 is 5.73 Å². The lowest BCUT2D eigenvalue weighted by atomic mass is 10.4. The third-order valence-electron chi connectivity index (χ3n) is 3.23. The average Bonchev–Trinajstić information content (AvgIpc) is 2.97. The Morgan fingerprint density at radius 1 is 1.26 bits per heavy atom. The van der Waals surface area contributed by atoms with Crippen LogP contribution in [0.25, 0.3) is 11.2 Å². The third-order valence-corrected chi connectivity index (χ3v) is 3.23. The number of nitrogens with two attached hydrogens (primary N) is 1. The van der Waals surface area contributed by atoms with Crippen LogP contribution in [-0.4, -0.2) is 29.1 Å². The summed E-state index contributed by atoms with van der Waals surface area (Å²) >= 11 is 0. The summed E-state index contributed by atoms with van der Waals surface area (Å²) in [5, 5.41) is 8.64. The predicted molar refractivity (Wildman–Crippen MR) is 72.6 cm³/mol. The normalized spacial score (nSPS) is 11.5. The number of fused-ring (bicyclic) bond motifs is 1. The zero-order valence-electron chi connectivity index (χ0n) is 11.3. The molecule has 3 heterocycles. The van der Waals surface area contributed by atoms with Gasteiger partial charge < -0.3 is 5.73 Å². The van der Waals surface area contributed by atoms with Crippen molar-refractivity contribution in [3.05, 3.63) is 23.7 Å². The van der Waals surface area contributed by atoms with Gasteiger partial charge in [-0.2, -0.15) is 10.2 Å². The van der Waals surface area contributed by atoms with Gasteiger partial charge in [0.05, 0.1) is 18.4 Å². The molecule has 19 heavy (non-hydrogen) atoms. The lowest BCUT2D eigenvalue weighted by Gasteiger charge is -2.07. The highest BCUT2D eigenvalue weighted by Crippen LogP contribution is 2.20. The molecule has 7 nitrogen and oxygen atoms in total. The van der Waals surface area contributed by atoms with E-state index in [1.54, 1.807) is 0 Å². The first-order chi connectivity index (χ1) is 9.06. The van der Waals surface area contributed by atoms with E-state index in [2.05, 4.69) is 15.2 Å². The van der Waals surface area contributed by atoms with Crippen LogP contribution in [0.5, 0.6) is 0 Å². The van der Waals surface area contributed by atoms with Crippen molar-refractivity contribution in [1.82, 2.24) is 29.1 Å². The first-order valence-electron chi connectivity index (χ1n) is 6.20. The zero-order chi connectivity index (χ0) is 13.6. The summed E-state index contributed by atoms with van der Waals surface area (Å²) in [4.78, 5) is 4.38. The molecule has 2 N–H and O–H groups in total. The van der Waals surface area contributed by atoms with Gasteiger partial charge in [-0.1, -0.05) is 0 Å². The van der Waals surface area contributed by atoms with Crippen LogP contribution >= 0.6 is 0 Å². The summed E-state index contributed by atoms with van der Waals surface area (Å²) in [6.07, 6.45) is 3.86. The number of aryl methyl sites for hydroxylation is 5. The molecule has 3 aromatic rings. The average molecular weight is 259 g/mol. The summed E-state index contributed by atoms with van der Waals surface area (Å²) in [6.45, 7) is 5.45. The molecule has 0 atom stereocenters. The topological polar surface area (TPSA) is 79.5 Å². The van der Waals surface area contributed by atoms with Gasteiger partial charge in [0.25, 0.3) is 0 Å². The second kappa shape index (κ2) is 4.11. The molecule has 0 unspecified atom stereocenters. The van der Waals surface area contributed by atoms with Crippen molar-refractivity contribution in [2.45, 2.75) is 26.9 Å². The Hall–Kier alpha value is -2.31. The molecule has 100 valence electrons. The monoisotopic (exact) mass is 259 g/mol. The van der Waals surface area contributed by atoms with Crippen molar-refractivity contribution >= 4 is 17.1 Å². The fraction of sp³-hybridized carbons (Fsp3) is 0.417. The third kappa shape index (κ3) is 1.87. The van der Waals surface area contributed by atoms with Gasteiger partial charge in [0.15, 0.2) is 5.65 Å². The van der Waals surface area contributed by atoms with Crippen LogP contribution in [-0.2, 0) is 20.1 Å². The first kappa shape index (κ1) is 11.8. The molecule has 0 aliphatic heterocycles. The Labute approximate surface area is 110 Å². The molecule has 0 radical (unpaired) electrons. The molecule has 0 spiro atoms. The Morgan fingerprint density at radius 2 is 2.05 bits per heavy atom. The van der Waals surface area contributed by atoms with E-state index in [4.69, 9.17) is 5.73 Å². The van der Waals surface area contributed by atoms with E-state index in [1.807, 2.05) is 47.2 Å². The fourth-order valence-corrected chi connectivity index (χ4v) is 2.36. The maximum absolute atomic E-state index is 5.99. The van der Waals surface area contributed by atoms with Crippen molar-refractivity contribution in [2.75, 3.05) is 5.73 Å². The molecule has 3 rings (SSSR count). The Kier molecular flexibility index (Phi) is 2.55. The van der Waals surface area contributed by atoms with E-state index in [0.717, 1.165) is 35.5 Å². The molecule has 0 fully saturated rings. The molecule has 7 heteroatoms. The maximum Gasteiger partial charge on any atom is 0.202 e. The minimum atomic E-state index is 0.523. The van der Waals surface area contributed by atoms with E-state index >= 15 is 0 Å². The van der Waals surface area contributed by atoms with Gasteiger partial charge in [-0.25, -0.2) is 4.98 Å². The molecule has 0 aromatic carbocycles. The number of hydrogen-bond acceptors (Lipinski definition) is 4. The minimum Gasteiger partial charge on any atom is -0.369 e. The number of hydrogen-bond donors (Lipinski definition) is 1. The number of rotatable bonds is 3. The summed E-state index contributed by atoms with van der Waals surface area (Å²) in [7, 11) is 1.91. The van der Waals surface area contributed by atoms with Crippen LogP contribution in [0.2, 0.25) is 0 Å². The number of nitrogens with zero attached hydrogens (tertiary/aromatic N) is 6. The van der Waals surface area contributed by atoms with Gasteiger partial charge in [-0.15, -0.1) is 0 Å². The molecule has 0 aliphatic rings. The largest absolute Gasteiger partial charge is 0.369 e. The van der Waals surface area contributed by atoms with Gasteiger partial charge in [-0.05, 0) is 19.4 Å². The first-order valence-corrected chi connectivity index (χ1v) is 6.20. The second-order valence-corrected chi connectivity index (χ2v) is 4.78. The molecule has 3 aromatic heterocycles. The van der Waals surface area contributed by atoms with Crippen LogP contribution in [0.3, 0.4) is 0 Å². The Balaban J connectivity index is 1.94. The number of aromatic nitrogens is 6. The summed E-state index contributed by atoms with van der Waals surface area (Å²) < 4.78 is 5.71. The van der Waals surface area contributed by atoms with Crippen molar-refractivity contribution in [2.24, 2.45) is 7.05 Å². The smallest absolute Gasteiger partial charge is 0.202 e. The molecular weight excluding hydrogens is 242 g/mol. The van der Waals surface area contributed by atoms with Crippen molar-refractivity contribution in [3.8, 4) is 0 Å². The lowest BCUT2D eigenvalue weighted by molar-refractivity contribution is 0.537. The van der Waals surface area contributed by atoms with Gasteiger partial charge in [0, 0.05) is 19.8 Å². The summed E-state index contributed by atoms with van der Waals surface area (Å²) in [5.41, 5.74) is 9.87. The molecule has 0 aliphatic carbocycles. The van der Waals surface area contributed by atoms with E-state index < -0.39 is 0 Å². The van der Waals surface area contributed by atoms with E-state index in [-0.39, 0.29) is 0 Å². The second-order valence-electron chi connectivity index (χ2n) is 4.78. The maximum atomic E-state index is 5.99. The van der Waals surface area contributed by atoms with Gasteiger partial charge in [0.2, 0.25) is 5.95 Å². The van der Waals surface area contributed by atoms with Crippen molar-refractivity contribution in [1.29, 1.82) is 0 Å². The van der Waals surface area contributed by atoms with Gasteiger partial charge in [-0.3, -0.25) is 13.9 Å². The van der Waals surface area contributed by atoms with Crippen LogP contribution in [0.15, 0.2) is 12.4 Å².